The number of nitrogens with one attached hydrogen (secondary N) is 2. The van der Waals surface area contributed by atoms with Crippen LogP contribution < -0.4 is 10.6 Å². The highest BCUT2D eigenvalue weighted by Gasteiger charge is 2.12. The zero-order chi connectivity index (χ0) is 16.1. The number of amides is 2. The monoisotopic (exact) mass is 320 g/mol. The second-order valence-electron chi connectivity index (χ2n) is 4.69. The van der Waals surface area contributed by atoms with Gasteiger partial charge in [-0.25, -0.2) is 4.39 Å². The van der Waals surface area contributed by atoms with Gasteiger partial charge in [0.05, 0.1) is 0 Å². The molecular formula is C16H14ClFN2O2. The molecule has 0 aliphatic heterocycles. The van der Waals surface area contributed by atoms with Gasteiger partial charge in [0.15, 0.2) is 0 Å². The maximum Gasteiger partial charge on any atom is 0.233 e. The van der Waals surface area contributed by atoms with Gasteiger partial charge < -0.3 is 10.6 Å². The SMILES string of the molecule is Cc1c(Cl)cccc1NC(=O)CC(=O)Nc1ccc(F)cc1. The molecule has 0 aromatic heterocycles. The van der Waals surface area contributed by atoms with Crippen LogP contribution in [0.15, 0.2) is 42.5 Å². The molecule has 0 heterocycles. The lowest BCUT2D eigenvalue weighted by molar-refractivity contribution is -0.123. The Bertz CT molecular complexity index is 702. The summed E-state index contributed by atoms with van der Waals surface area (Å²) in [5.41, 5.74) is 1.72. The third kappa shape index (κ3) is 4.30. The van der Waals surface area contributed by atoms with E-state index in [1.165, 1.54) is 24.3 Å². The van der Waals surface area contributed by atoms with Gasteiger partial charge in [-0.2, -0.15) is 0 Å². The van der Waals surface area contributed by atoms with Crippen LogP contribution in [0, 0.1) is 12.7 Å². The van der Waals surface area contributed by atoms with E-state index in [1.54, 1.807) is 25.1 Å². The Kier molecular flexibility index (Phi) is 5.12. The third-order valence-electron chi connectivity index (χ3n) is 2.99. The Morgan fingerprint density at radius 1 is 1.05 bits per heavy atom. The van der Waals surface area contributed by atoms with Crippen molar-refractivity contribution in [3.8, 4) is 0 Å². The van der Waals surface area contributed by atoms with E-state index in [2.05, 4.69) is 10.6 Å². The molecule has 2 N–H and O–H groups in total. The lowest BCUT2D eigenvalue weighted by Crippen LogP contribution is -2.21. The van der Waals surface area contributed by atoms with Crippen LogP contribution in [0.1, 0.15) is 12.0 Å². The van der Waals surface area contributed by atoms with Crippen LogP contribution >= 0.6 is 11.6 Å². The van der Waals surface area contributed by atoms with Crippen LogP contribution in [0.25, 0.3) is 0 Å². The van der Waals surface area contributed by atoms with Crippen LogP contribution in [-0.2, 0) is 9.59 Å². The summed E-state index contributed by atoms with van der Waals surface area (Å²) in [6.45, 7) is 1.77. The highest BCUT2D eigenvalue weighted by Crippen LogP contribution is 2.23. The van der Waals surface area contributed by atoms with Gasteiger partial charge in [-0.15, -0.1) is 0 Å². The first kappa shape index (κ1) is 16.0. The number of halogens is 2. The van der Waals surface area contributed by atoms with Crippen molar-refractivity contribution in [3.63, 3.8) is 0 Å². The molecular weight excluding hydrogens is 307 g/mol. The van der Waals surface area contributed by atoms with Gasteiger partial charge in [-0.05, 0) is 48.9 Å². The molecule has 0 unspecified atom stereocenters. The molecule has 2 amide bonds. The second-order valence-corrected chi connectivity index (χ2v) is 5.10. The molecule has 0 atom stereocenters. The Hall–Kier alpha value is -2.40. The van der Waals surface area contributed by atoms with E-state index in [9.17, 15) is 14.0 Å². The van der Waals surface area contributed by atoms with E-state index in [0.29, 0.717) is 16.4 Å². The number of carbonyl (C=O) groups excluding carboxylic acids is 2. The minimum atomic E-state index is -0.483. The molecule has 0 saturated carbocycles. The molecule has 0 bridgehead atoms. The summed E-state index contributed by atoms with van der Waals surface area (Å²) < 4.78 is 12.8. The van der Waals surface area contributed by atoms with Gasteiger partial charge in [0, 0.05) is 16.4 Å². The van der Waals surface area contributed by atoms with Crippen molar-refractivity contribution < 1.29 is 14.0 Å². The van der Waals surface area contributed by atoms with Gasteiger partial charge in [0.25, 0.3) is 0 Å². The fourth-order valence-corrected chi connectivity index (χ4v) is 2.00. The second kappa shape index (κ2) is 7.04. The number of rotatable bonds is 4. The quantitative estimate of drug-likeness (QED) is 0.843. The number of hydrogen-bond acceptors (Lipinski definition) is 2. The molecule has 2 aromatic carbocycles. The molecule has 0 aliphatic carbocycles. The smallest absolute Gasteiger partial charge is 0.233 e. The molecule has 0 spiro atoms. The fourth-order valence-electron chi connectivity index (χ4n) is 1.82. The lowest BCUT2D eigenvalue weighted by Gasteiger charge is -2.09. The summed E-state index contributed by atoms with van der Waals surface area (Å²) in [5, 5.41) is 5.69. The van der Waals surface area contributed by atoms with E-state index < -0.39 is 17.6 Å². The molecule has 114 valence electrons. The first-order valence-corrected chi connectivity index (χ1v) is 6.94. The van der Waals surface area contributed by atoms with Gasteiger partial charge in [0.2, 0.25) is 11.8 Å². The van der Waals surface area contributed by atoms with Crippen molar-refractivity contribution >= 4 is 34.8 Å². The van der Waals surface area contributed by atoms with Gasteiger partial charge in [-0.1, -0.05) is 17.7 Å². The predicted molar refractivity (Wildman–Crippen MR) is 84.5 cm³/mol. The first-order valence-electron chi connectivity index (χ1n) is 6.56. The third-order valence-corrected chi connectivity index (χ3v) is 3.40. The Morgan fingerprint density at radius 3 is 2.36 bits per heavy atom. The zero-order valence-corrected chi connectivity index (χ0v) is 12.6. The zero-order valence-electron chi connectivity index (χ0n) is 11.8. The standard InChI is InChI=1S/C16H14ClFN2O2/c1-10-13(17)3-2-4-14(10)20-16(22)9-15(21)19-12-7-5-11(18)6-8-12/h2-8H,9H2,1H3,(H,19,21)(H,20,22). The number of anilines is 2. The molecule has 0 fully saturated rings. The highest BCUT2D eigenvalue weighted by molar-refractivity contribution is 6.31. The molecule has 2 rings (SSSR count). The summed E-state index contributed by atoms with van der Waals surface area (Å²) in [5.74, 6) is -1.33. The Balaban J connectivity index is 1.92. The van der Waals surface area contributed by atoms with Crippen molar-refractivity contribution in [1.82, 2.24) is 0 Å². The Morgan fingerprint density at radius 2 is 1.68 bits per heavy atom. The summed E-state index contributed by atoms with van der Waals surface area (Å²) in [6, 6.07) is 10.4. The van der Waals surface area contributed by atoms with E-state index in [0.717, 1.165) is 5.56 Å². The average molecular weight is 321 g/mol. The first-order chi connectivity index (χ1) is 10.5. The highest BCUT2D eigenvalue weighted by atomic mass is 35.5. The van der Waals surface area contributed by atoms with Crippen LogP contribution in [0.2, 0.25) is 5.02 Å². The molecule has 22 heavy (non-hydrogen) atoms. The normalized spacial score (nSPS) is 10.1. The van der Waals surface area contributed by atoms with Crippen molar-refractivity contribution in [2.45, 2.75) is 13.3 Å². The van der Waals surface area contributed by atoms with E-state index in [1.807, 2.05) is 0 Å². The number of benzene rings is 2. The van der Waals surface area contributed by atoms with E-state index >= 15 is 0 Å². The largest absolute Gasteiger partial charge is 0.326 e. The minimum Gasteiger partial charge on any atom is -0.326 e. The summed E-state index contributed by atoms with van der Waals surface area (Å²) >= 11 is 5.96. The van der Waals surface area contributed by atoms with Crippen molar-refractivity contribution in [2.24, 2.45) is 0 Å². The maximum absolute atomic E-state index is 12.8. The molecule has 0 aliphatic rings. The van der Waals surface area contributed by atoms with Crippen molar-refractivity contribution in [3.05, 3.63) is 58.9 Å². The number of carbonyl (C=O) groups is 2. The van der Waals surface area contributed by atoms with Crippen molar-refractivity contribution in [2.75, 3.05) is 10.6 Å². The van der Waals surface area contributed by atoms with E-state index in [4.69, 9.17) is 11.6 Å². The maximum atomic E-state index is 12.8. The van der Waals surface area contributed by atoms with Crippen LogP contribution in [0.5, 0.6) is 0 Å². The van der Waals surface area contributed by atoms with Crippen LogP contribution in [0.4, 0.5) is 15.8 Å². The summed E-state index contributed by atoms with van der Waals surface area (Å²) in [6.07, 6.45) is -0.344. The van der Waals surface area contributed by atoms with Crippen LogP contribution in [0.3, 0.4) is 0 Å². The lowest BCUT2D eigenvalue weighted by atomic mass is 10.2. The molecule has 4 nitrogen and oxygen atoms in total. The Labute approximate surface area is 132 Å². The topological polar surface area (TPSA) is 58.2 Å². The predicted octanol–water partition coefficient (Wildman–Crippen LogP) is 3.75. The fraction of sp³-hybridized carbons (Fsp3) is 0.125. The van der Waals surface area contributed by atoms with Crippen molar-refractivity contribution in [1.29, 1.82) is 0 Å². The molecule has 0 radical (unpaired) electrons. The molecule has 6 heteroatoms. The average Bonchev–Trinajstić information content (AvgIpc) is 2.46. The van der Waals surface area contributed by atoms with Crippen LogP contribution in [-0.4, -0.2) is 11.8 Å². The summed E-state index contributed by atoms with van der Waals surface area (Å²) in [4.78, 5) is 23.6. The molecule has 2 aromatic rings. The van der Waals surface area contributed by atoms with Gasteiger partial charge >= 0.3 is 0 Å². The van der Waals surface area contributed by atoms with Gasteiger partial charge in [0.1, 0.15) is 12.2 Å². The summed E-state index contributed by atoms with van der Waals surface area (Å²) in [7, 11) is 0. The minimum absolute atomic E-state index is 0.344. The number of hydrogen-bond donors (Lipinski definition) is 2. The molecule has 0 saturated heterocycles. The van der Waals surface area contributed by atoms with E-state index in [-0.39, 0.29) is 6.42 Å². The van der Waals surface area contributed by atoms with Gasteiger partial charge in [-0.3, -0.25) is 9.59 Å².